The third kappa shape index (κ3) is 2.16. The van der Waals surface area contributed by atoms with Crippen LogP contribution in [0, 0.1) is 5.82 Å². The van der Waals surface area contributed by atoms with Crippen molar-refractivity contribution in [2.24, 2.45) is 0 Å². The molecular weight excluding hydrogens is 293 g/mol. The lowest BCUT2D eigenvalue weighted by atomic mass is 10.0. The third-order valence-corrected chi connectivity index (χ3v) is 3.90. The lowest BCUT2D eigenvalue weighted by molar-refractivity contribution is 0.617. The molecule has 0 unspecified atom stereocenters. The fraction of sp³-hybridized carbons (Fsp3) is 0. The number of anilines is 1. The number of nitrogen functional groups attached to an aromatic ring is 1. The zero-order valence-electron chi connectivity index (χ0n) is 12.0. The second-order valence-corrected chi connectivity index (χ2v) is 5.37. The van der Waals surface area contributed by atoms with Crippen LogP contribution in [0.15, 0.2) is 69.9 Å². The Hall–Kier alpha value is -3.14. The van der Waals surface area contributed by atoms with Crippen LogP contribution in [0.5, 0.6) is 0 Å². The molecule has 0 radical (unpaired) electrons. The molecule has 0 aliphatic heterocycles. The molecule has 0 atom stereocenters. The van der Waals surface area contributed by atoms with Gasteiger partial charge in [0.25, 0.3) is 0 Å². The van der Waals surface area contributed by atoms with Crippen molar-refractivity contribution in [1.82, 2.24) is 0 Å². The van der Waals surface area contributed by atoms with Crippen molar-refractivity contribution < 1.29 is 8.81 Å². The number of benzene rings is 3. The molecule has 1 aromatic heterocycles. The Morgan fingerprint density at radius 2 is 1.78 bits per heavy atom. The van der Waals surface area contributed by atoms with E-state index >= 15 is 0 Å². The molecule has 0 spiro atoms. The highest BCUT2D eigenvalue weighted by atomic mass is 19.1. The van der Waals surface area contributed by atoms with Gasteiger partial charge >= 0.3 is 0 Å². The van der Waals surface area contributed by atoms with E-state index in [1.807, 2.05) is 30.3 Å². The minimum Gasteiger partial charge on any atom is -0.456 e. The number of fused-ring (bicyclic) bond motifs is 3. The molecule has 3 aromatic carbocycles. The molecule has 4 rings (SSSR count). The quantitative estimate of drug-likeness (QED) is 0.420. The topological polar surface area (TPSA) is 56.2 Å². The van der Waals surface area contributed by atoms with Gasteiger partial charge in [0.1, 0.15) is 17.2 Å². The summed E-state index contributed by atoms with van der Waals surface area (Å²) in [6.45, 7) is 0. The van der Waals surface area contributed by atoms with Crippen LogP contribution in [-0.2, 0) is 0 Å². The average Bonchev–Trinajstić information content (AvgIpc) is 2.56. The maximum atomic E-state index is 13.3. The summed E-state index contributed by atoms with van der Waals surface area (Å²) >= 11 is 0. The fourth-order valence-electron chi connectivity index (χ4n) is 2.77. The molecular formula is C19H12FNO2. The van der Waals surface area contributed by atoms with E-state index < -0.39 is 5.82 Å². The molecule has 4 aromatic rings. The highest BCUT2D eigenvalue weighted by molar-refractivity contribution is 6.05. The summed E-state index contributed by atoms with van der Waals surface area (Å²) in [4.78, 5) is 12.6. The summed E-state index contributed by atoms with van der Waals surface area (Å²) in [5, 5.41) is 2.37. The predicted molar refractivity (Wildman–Crippen MR) is 89.8 cm³/mol. The Morgan fingerprint density at radius 3 is 2.61 bits per heavy atom. The maximum Gasteiger partial charge on any atom is 0.193 e. The van der Waals surface area contributed by atoms with Crippen molar-refractivity contribution in [2.75, 3.05) is 5.73 Å². The van der Waals surface area contributed by atoms with Gasteiger partial charge in [-0.05, 0) is 35.0 Å². The van der Waals surface area contributed by atoms with Crippen molar-refractivity contribution in [2.45, 2.75) is 0 Å². The van der Waals surface area contributed by atoms with Crippen LogP contribution in [0.2, 0.25) is 0 Å². The van der Waals surface area contributed by atoms with Crippen LogP contribution in [0.1, 0.15) is 0 Å². The standard InChI is InChI=1S/C19H12FNO2/c20-14-7-5-12(9-15(14)21)18-10-16(22)19-13-4-2-1-3-11(13)6-8-17(19)23-18/h1-10H,21H2. The minimum atomic E-state index is -0.497. The molecule has 4 heteroatoms. The molecule has 0 aliphatic rings. The molecule has 1 heterocycles. The van der Waals surface area contributed by atoms with Gasteiger partial charge in [0, 0.05) is 11.6 Å². The van der Waals surface area contributed by atoms with E-state index in [4.69, 9.17) is 10.2 Å². The van der Waals surface area contributed by atoms with Crippen molar-refractivity contribution in [3.05, 3.63) is 76.7 Å². The molecule has 3 nitrogen and oxygen atoms in total. The van der Waals surface area contributed by atoms with Gasteiger partial charge in [-0.2, -0.15) is 0 Å². The summed E-state index contributed by atoms with van der Waals surface area (Å²) in [5.41, 5.74) is 6.53. The Bertz CT molecular complexity index is 1120. The molecule has 0 saturated heterocycles. The summed E-state index contributed by atoms with van der Waals surface area (Å²) < 4.78 is 19.2. The van der Waals surface area contributed by atoms with Crippen molar-refractivity contribution >= 4 is 27.4 Å². The minimum absolute atomic E-state index is 0.0174. The van der Waals surface area contributed by atoms with Crippen LogP contribution in [0.25, 0.3) is 33.1 Å². The predicted octanol–water partition coefficient (Wildman–Crippen LogP) is 4.33. The summed E-state index contributed by atoms with van der Waals surface area (Å²) in [7, 11) is 0. The van der Waals surface area contributed by atoms with E-state index in [2.05, 4.69) is 0 Å². The average molecular weight is 305 g/mol. The normalized spacial score (nSPS) is 11.2. The van der Waals surface area contributed by atoms with E-state index in [1.54, 1.807) is 6.07 Å². The number of nitrogens with two attached hydrogens (primary N) is 1. The zero-order chi connectivity index (χ0) is 16.0. The van der Waals surface area contributed by atoms with Gasteiger partial charge < -0.3 is 10.2 Å². The highest BCUT2D eigenvalue weighted by Gasteiger charge is 2.11. The third-order valence-electron chi connectivity index (χ3n) is 3.90. The van der Waals surface area contributed by atoms with Crippen LogP contribution in [0.4, 0.5) is 10.1 Å². The SMILES string of the molecule is Nc1cc(-c2cc(=O)c3c(ccc4ccccc43)o2)ccc1F. The number of hydrogen-bond donors (Lipinski definition) is 1. The molecule has 0 fully saturated rings. The van der Waals surface area contributed by atoms with Crippen LogP contribution in [0.3, 0.4) is 0 Å². The van der Waals surface area contributed by atoms with E-state index in [0.717, 1.165) is 10.8 Å². The Morgan fingerprint density at radius 1 is 0.957 bits per heavy atom. The molecule has 0 saturated carbocycles. The van der Waals surface area contributed by atoms with Crippen molar-refractivity contribution in [1.29, 1.82) is 0 Å². The number of halogens is 1. The van der Waals surface area contributed by atoms with Gasteiger partial charge in [-0.25, -0.2) is 4.39 Å². The molecule has 23 heavy (non-hydrogen) atoms. The lowest BCUT2D eigenvalue weighted by Crippen LogP contribution is -2.01. The van der Waals surface area contributed by atoms with Crippen molar-refractivity contribution in [3.63, 3.8) is 0 Å². The first-order valence-corrected chi connectivity index (χ1v) is 7.14. The van der Waals surface area contributed by atoms with E-state index in [1.165, 1.54) is 24.3 Å². The Kier molecular flexibility index (Phi) is 2.91. The van der Waals surface area contributed by atoms with Crippen molar-refractivity contribution in [3.8, 4) is 11.3 Å². The molecule has 0 amide bonds. The summed E-state index contributed by atoms with van der Waals surface area (Å²) in [5.74, 6) is -0.132. The van der Waals surface area contributed by atoms with Crippen LogP contribution in [-0.4, -0.2) is 0 Å². The van der Waals surface area contributed by atoms with Crippen LogP contribution >= 0.6 is 0 Å². The Balaban J connectivity index is 2.02. The summed E-state index contributed by atoms with van der Waals surface area (Å²) in [6, 6.07) is 17.0. The smallest absolute Gasteiger partial charge is 0.193 e. The molecule has 112 valence electrons. The van der Waals surface area contributed by atoms with Gasteiger partial charge in [-0.1, -0.05) is 30.3 Å². The molecule has 0 aliphatic carbocycles. The Labute approximate surface area is 130 Å². The number of rotatable bonds is 1. The maximum absolute atomic E-state index is 13.3. The van der Waals surface area contributed by atoms with Gasteiger partial charge in [0.15, 0.2) is 5.43 Å². The van der Waals surface area contributed by atoms with Gasteiger partial charge in [-0.15, -0.1) is 0 Å². The number of hydrogen-bond acceptors (Lipinski definition) is 3. The first-order valence-electron chi connectivity index (χ1n) is 7.14. The van der Waals surface area contributed by atoms with Gasteiger partial charge in [0.2, 0.25) is 0 Å². The molecule has 2 N–H and O–H groups in total. The van der Waals surface area contributed by atoms with E-state index in [0.29, 0.717) is 22.3 Å². The second kappa shape index (κ2) is 4.95. The fourth-order valence-corrected chi connectivity index (χ4v) is 2.77. The second-order valence-electron chi connectivity index (χ2n) is 5.37. The first kappa shape index (κ1) is 13.5. The molecule has 0 bridgehead atoms. The largest absolute Gasteiger partial charge is 0.456 e. The first-order chi connectivity index (χ1) is 11.1. The van der Waals surface area contributed by atoms with Gasteiger partial charge in [0.05, 0.1) is 11.1 Å². The van der Waals surface area contributed by atoms with Gasteiger partial charge in [-0.3, -0.25) is 4.79 Å². The lowest BCUT2D eigenvalue weighted by Gasteiger charge is -2.06. The monoisotopic (exact) mass is 305 g/mol. The van der Waals surface area contributed by atoms with Crippen LogP contribution < -0.4 is 11.2 Å². The highest BCUT2D eigenvalue weighted by Crippen LogP contribution is 2.28. The van der Waals surface area contributed by atoms with E-state index in [-0.39, 0.29) is 11.1 Å². The van der Waals surface area contributed by atoms with E-state index in [9.17, 15) is 9.18 Å². The zero-order valence-corrected chi connectivity index (χ0v) is 12.0. The summed E-state index contributed by atoms with van der Waals surface area (Å²) in [6.07, 6.45) is 0.